The first-order valence-corrected chi connectivity index (χ1v) is 5.48. The van der Waals surface area contributed by atoms with Gasteiger partial charge in [-0.1, -0.05) is 0 Å². The number of halogens is 1. The molecule has 1 aromatic carbocycles. The van der Waals surface area contributed by atoms with Crippen molar-refractivity contribution >= 4 is 5.97 Å². The highest BCUT2D eigenvalue weighted by molar-refractivity contribution is 5.87. The van der Waals surface area contributed by atoms with Crippen LogP contribution in [0.15, 0.2) is 18.2 Å². The van der Waals surface area contributed by atoms with Gasteiger partial charge in [-0.15, -0.1) is 0 Å². The monoisotopic (exact) mass is 241 g/mol. The van der Waals surface area contributed by atoms with Crippen molar-refractivity contribution in [3.05, 3.63) is 35.1 Å². The van der Waals surface area contributed by atoms with Gasteiger partial charge >= 0.3 is 5.97 Å². The number of aromatic carboxylic acids is 1. The summed E-state index contributed by atoms with van der Waals surface area (Å²) in [5, 5.41) is 20.3. The van der Waals surface area contributed by atoms with Gasteiger partial charge in [0.15, 0.2) is 0 Å². The fourth-order valence-electron chi connectivity index (χ4n) is 1.43. The summed E-state index contributed by atoms with van der Waals surface area (Å²) < 4.78 is 13.3. The third kappa shape index (κ3) is 4.50. The molecule has 0 bridgehead atoms. The number of aliphatic hydroxyl groups is 1. The summed E-state index contributed by atoms with van der Waals surface area (Å²) in [6.45, 7) is 1.10. The Morgan fingerprint density at radius 2 is 2.12 bits per heavy atom. The summed E-state index contributed by atoms with van der Waals surface area (Å²) in [7, 11) is 0. The standard InChI is InChI=1S/C12H16FNO3/c13-11-4-3-9(12(16)17)7-10(11)8-14-5-1-2-6-15/h3-4,7,14-15H,1-2,5-6,8H2,(H,16,17). The van der Waals surface area contributed by atoms with Crippen LogP contribution in [0.3, 0.4) is 0 Å². The quantitative estimate of drug-likeness (QED) is 0.631. The maximum Gasteiger partial charge on any atom is 0.335 e. The smallest absolute Gasteiger partial charge is 0.335 e. The van der Waals surface area contributed by atoms with E-state index in [1.807, 2.05) is 0 Å². The second-order valence-corrected chi connectivity index (χ2v) is 3.72. The maximum atomic E-state index is 13.3. The number of benzene rings is 1. The Balaban J connectivity index is 2.51. The molecule has 0 aromatic heterocycles. The van der Waals surface area contributed by atoms with Crippen LogP contribution in [-0.4, -0.2) is 29.3 Å². The van der Waals surface area contributed by atoms with Crippen LogP contribution in [0.1, 0.15) is 28.8 Å². The molecule has 0 saturated carbocycles. The molecule has 4 nitrogen and oxygen atoms in total. The first-order chi connectivity index (χ1) is 8.15. The third-order valence-electron chi connectivity index (χ3n) is 2.37. The fraction of sp³-hybridized carbons (Fsp3) is 0.417. The van der Waals surface area contributed by atoms with Crippen molar-refractivity contribution < 1.29 is 19.4 Å². The summed E-state index contributed by atoms with van der Waals surface area (Å²) >= 11 is 0. The number of unbranched alkanes of at least 4 members (excludes halogenated alkanes) is 1. The molecule has 0 fully saturated rings. The average Bonchev–Trinajstić information content (AvgIpc) is 2.30. The Hall–Kier alpha value is -1.46. The molecule has 1 rings (SSSR count). The van der Waals surface area contributed by atoms with Crippen molar-refractivity contribution in [1.29, 1.82) is 0 Å². The predicted octanol–water partition coefficient (Wildman–Crippen LogP) is 1.39. The van der Waals surface area contributed by atoms with Gasteiger partial charge in [0.2, 0.25) is 0 Å². The van der Waals surface area contributed by atoms with Gasteiger partial charge < -0.3 is 15.5 Å². The number of carboxylic acids is 1. The topological polar surface area (TPSA) is 69.6 Å². The minimum atomic E-state index is -1.06. The molecule has 5 heteroatoms. The lowest BCUT2D eigenvalue weighted by Gasteiger charge is -2.06. The zero-order valence-electron chi connectivity index (χ0n) is 9.45. The summed E-state index contributed by atoms with van der Waals surface area (Å²) in [4.78, 5) is 10.7. The van der Waals surface area contributed by atoms with E-state index < -0.39 is 11.8 Å². The molecule has 3 N–H and O–H groups in total. The van der Waals surface area contributed by atoms with Gasteiger partial charge in [-0.05, 0) is 37.6 Å². The van der Waals surface area contributed by atoms with Crippen LogP contribution in [-0.2, 0) is 6.54 Å². The Kier molecular flexibility index (Phi) is 5.59. The molecule has 0 aliphatic heterocycles. The minimum Gasteiger partial charge on any atom is -0.478 e. The first kappa shape index (κ1) is 13.6. The van der Waals surface area contributed by atoms with Gasteiger partial charge in [-0.2, -0.15) is 0 Å². The van der Waals surface area contributed by atoms with Crippen molar-refractivity contribution in [2.24, 2.45) is 0 Å². The normalized spacial score (nSPS) is 10.5. The minimum absolute atomic E-state index is 0.0820. The number of nitrogens with one attached hydrogen (secondary N) is 1. The van der Waals surface area contributed by atoms with E-state index in [4.69, 9.17) is 10.2 Å². The summed E-state index contributed by atoms with van der Waals surface area (Å²) in [5.41, 5.74) is 0.424. The average molecular weight is 241 g/mol. The molecule has 17 heavy (non-hydrogen) atoms. The van der Waals surface area contributed by atoms with Gasteiger partial charge in [-0.3, -0.25) is 0 Å². The zero-order chi connectivity index (χ0) is 12.7. The SMILES string of the molecule is O=C(O)c1ccc(F)c(CNCCCCO)c1. The number of hydrogen-bond donors (Lipinski definition) is 3. The van der Waals surface area contributed by atoms with Crippen LogP contribution in [0, 0.1) is 5.82 Å². The largest absolute Gasteiger partial charge is 0.478 e. The van der Waals surface area contributed by atoms with E-state index in [-0.39, 0.29) is 12.2 Å². The van der Waals surface area contributed by atoms with Crippen molar-refractivity contribution in [2.75, 3.05) is 13.2 Å². The molecule has 0 atom stereocenters. The van der Waals surface area contributed by atoms with E-state index in [9.17, 15) is 9.18 Å². The van der Waals surface area contributed by atoms with Gasteiger partial charge in [0.05, 0.1) is 5.56 Å². The van der Waals surface area contributed by atoms with Crippen molar-refractivity contribution in [3.8, 4) is 0 Å². The predicted molar refractivity (Wildman–Crippen MR) is 61.4 cm³/mol. The van der Waals surface area contributed by atoms with Crippen molar-refractivity contribution in [1.82, 2.24) is 5.32 Å². The molecular formula is C12H16FNO3. The lowest BCUT2D eigenvalue weighted by molar-refractivity contribution is 0.0696. The molecule has 0 aliphatic rings. The summed E-state index contributed by atoms with van der Waals surface area (Å²) in [6.07, 6.45) is 1.50. The van der Waals surface area contributed by atoms with E-state index in [1.54, 1.807) is 0 Å². The number of hydrogen-bond acceptors (Lipinski definition) is 3. The van der Waals surface area contributed by atoms with Gasteiger partial charge in [-0.25, -0.2) is 9.18 Å². The van der Waals surface area contributed by atoms with Crippen LogP contribution >= 0.6 is 0 Å². The van der Waals surface area contributed by atoms with Crippen LogP contribution in [0.2, 0.25) is 0 Å². The van der Waals surface area contributed by atoms with Crippen LogP contribution in [0.25, 0.3) is 0 Å². The fourth-order valence-corrected chi connectivity index (χ4v) is 1.43. The molecular weight excluding hydrogens is 225 g/mol. The second-order valence-electron chi connectivity index (χ2n) is 3.72. The Morgan fingerprint density at radius 3 is 2.76 bits per heavy atom. The number of carbonyl (C=O) groups is 1. The summed E-state index contributed by atoms with van der Waals surface area (Å²) in [5.74, 6) is -1.48. The lowest BCUT2D eigenvalue weighted by atomic mass is 10.1. The van der Waals surface area contributed by atoms with Crippen LogP contribution in [0.5, 0.6) is 0 Å². The highest BCUT2D eigenvalue weighted by atomic mass is 19.1. The van der Waals surface area contributed by atoms with Crippen molar-refractivity contribution in [3.63, 3.8) is 0 Å². The lowest BCUT2D eigenvalue weighted by Crippen LogP contribution is -2.16. The van der Waals surface area contributed by atoms with E-state index in [0.29, 0.717) is 25.1 Å². The molecule has 0 heterocycles. The van der Waals surface area contributed by atoms with E-state index >= 15 is 0 Å². The number of carboxylic acid groups (broad SMARTS) is 1. The summed E-state index contributed by atoms with van der Waals surface area (Å²) in [6, 6.07) is 3.73. The van der Waals surface area contributed by atoms with Gasteiger partial charge in [0.25, 0.3) is 0 Å². The highest BCUT2D eigenvalue weighted by Crippen LogP contribution is 2.10. The molecule has 0 radical (unpaired) electrons. The van der Waals surface area contributed by atoms with E-state index in [0.717, 1.165) is 12.5 Å². The molecule has 0 unspecified atom stereocenters. The maximum absolute atomic E-state index is 13.3. The highest BCUT2D eigenvalue weighted by Gasteiger charge is 2.07. The third-order valence-corrected chi connectivity index (χ3v) is 2.37. The van der Waals surface area contributed by atoms with E-state index in [2.05, 4.69) is 5.32 Å². The Labute approximate surface area is 99.1 Å². The number of aliphatic hydroxyl groups excluding tert-OH is 1. The zero-order valence-corrected chi connectivity index (χ0v) is 9.45. The first-order valence-electron chi connectivity index (χ1n) is 5.48. The van der Waals surface area contributed by atoms with Gasteiger partial charge in [0.1, 0.15) is 5.82 Å². The number of rotatable bonds is 7. The second kappa shape index (κ2) is 6.98. The Morgan fingerprint density at radius 1 is 1.35 bits per heavy atom. The molecule has 1 aromatic rings. The molecule has 0 amide bonds. The molecule has 0 spiro atoms. The van der Waals surface area contributed by atoms with Gasteiger partial charge in [0, 0.05) is 18.7 Å². The molecule has 94 valence electrons. The molecule has 0 aliphatic carbocycles. The van der Waals surface area contributed by atoms with Crippen LogP contribution in [0.4, 0.5) is 4.39 Å². The Bertz CT molecular complexity index is 382. The van der Waals surface area contributed by atoms with Crippen molar-refractivity contribution in [2.45, 2.75) is 19.4 Å². The molecule has 0 saturated heterocycles. The van der Waals surface area contributed by atoms with E-state index in [1.165, 1.54) is 12.1 Å². The van der Waals surface area contributed by atoms with Crippen LogP contribution < -0.4 is 5.32 Å².